The molecule has 4 aromatic heterocycles. The van der Waals surface area contributed by atoms with Gasteiger partial charge >= 0.3 is 5.97 Å². The number of aliphatic hydroxyl groups excluding tert-OH is 1. The first kappa shape index (κ1) is 40.7. The number of aromatic amines is 1. The molecule has 6 aromatic rings. The number of thiophene rings is 2. The van der Waals surface area contributed by atoms with E-state index in [4.69, 9.17) is 4.74 Å². The first-order valence-electron chi connectivity index (χ1n) is 17.7. The van der Waals surface area contributed by atoms with E-state index in [0.29, 0.717) is 45.4 Å². The number of nitrogens with zero attached hydrogens (tertiary/aromatic N) is 2. The standard InChI is InChI=1S/C40H44N4O6S2.2FH/c1-43(28-8-10-29(11-9-28)50-39(48)40(49,35-5-2-21-51-35)36-6-3-22-52-36)18-4-19-44-20-17-27-23-26(7-14-32(27)44)24-41-25-34(46)30-12-15-33(45)38-31(30)13-16-37(47)42-38;;/h2-3,5-7,12-17,20-23,28-29,34,41,45-46,49H,4,8-11,18-19,24-25H2,1H3,(H,42,47);2*1H/t28-,29-,34-;;/m0../s1. The fraction of sp³-hybridized carbons (Fsp3) is 0.350. The van der Waals surface area contributed by atoms with Crippen molar-refractivity contribution in [3.05, 3.63) is 121 Å². The third-order valence-electron chi connectivity index (χ3n) is 10.3. The van der Waals surface area contributed by atoms with Crippen molar-refractivity contribution in [3.63, 3.8) is 0 Å². The lowest BCUT2D eigenvalue weighted by molar-refractivity contribution is -0.169. The second-order valence-electron chi connectivity index (χ2n) is 13.7. The lowest BCUT2D eigenvalue weighted by Crippen LogP contribution is -2.42. The fourth-order valence-corrected chi connectivity index (χ4v) is 9.09. The number of hydrogen-bond donors (Lipinski definition) is 5. The number of benzene rings is 2. The van der Waals surface area contributed by atoms with Gasteiger partial charge < -0.3 is 39.8 Å². The summed E-state index contributed by atoms with van der Waals surface area (Å²) in [6.07, 6.45) is 5.57. The van der Waals surface area contributed by atoms with Crippen LogP contribution < -0.4 is 10.9 Å². The van der Waals surface area contributed by atoms with Crippen LogP contribution in [0.15, 0.2) is 94.5 Å². The molecule has 1 fully saturated rings. The van der Waals surface area contributed by atoms with Gasteiger partial charge in [-0.25, -0.2) is 4.79 Å². The van der Waals surface area contributed by atoms with Crippen molar-refractivity contribution in [1.29, 1.82) is 0 Å². The van der Waals surface area contributed by atoms with Crippen molar-refractivity contribution < 1.29 is 34.3 Å². The minimum atomic E-state index is -1.77. The Bertz CT molecular complexity index is 2150. The number of hydrogen-bond acceptors (Lipinski definition) is 10. The monoisotopic (exact) mass is 780 g/mol. The molecule has 4 heterocycles. The van der Waals surface area contributed by atoms with E-state index in [1.807, 2.05) is 22.9 Å². The summed E-state index contributed by atoms with van der Waals surface area (Å²) in [5, 5.41) is 41.5. The molecule has 10 nitrogen and oxygen atoms in total. The molecule has 54 heavy (non-hydrogen) atoms. The number of fused-ring (bicyclic) bond motifs is 2. The normalized spacial score (nSPS) is 16.6. The number of aryl methyl sites for hydroxylation is 1. The Kier molecular flexibility index (Phi) is 13.4. The van der Waals surface area contributed by atoms with Gasteiger partial charge in [0.2, 0.25) is 11.2 Å². The number of aliphatic hydroxyl groups is 2. The molecule has 2 aromatic carbocycles. The van der Waals surface area contributed by atoms with E-state index in [1.54, 1.807) is 24.3 Å². The highest BCUT2D eigenvalue weighted by Crippen LogP contribution is 2.38. The largest absolute Gasteiger partial charge is 0.506 e. The molecule has 0 amide bonds. The van der Waals surface area contributed by atoms with Gasteiger partial charge in [0.15, 0.2) is 0 Å². The lowest BCUT2D eigenvalue weighted by atomic mass is 9.91. The maximum Gasteiger partial charge on any atom is 0.349 e. The number of aromatic nitrogens is 2. The van der Waals surface area contributed by atoms with Crippen LogP contribution in [0.1, 0.15) is 59.1 Å². The first-order valence-corrected chi connectivity index (χ1v) is 19.5. The summed E-state index contributed by atoms with van der Waals surface area (Å²) in [4.78, 5) is 31.3. The molecule has 0 saturated heterocycles. The van der Waals surface area contributed by atoms with Gasteiger partial charge in [-0.05, 0) is 115 Å². The summed E-state index contributed by atoms with van der Waals surface area (Å²) >= 11 is 2.72. The van der Waals surface area contributed by atoms with E-state index in [1.165, 1.54) is 45.7 Å². The summed E-state index contributed by atoms with van der Waals surface area (Å²) in [5.74, 6) is -0.616. The molecule has 288 valence electrons. The summed E-state index contributed by atoms with van der Waals surface area (Å²) in [5.41, 5.74) is 1.18. The van der Waals surface area contributed by atoms with Gasteiger partial charge in [-0.1, -0.05) is 24.3 Å². The average Bonchev–Trinajstić information content (AvgIpc) is 3.96. The topological polar surface area (TPSA) is 140 Å². The van der Waals surface area contributed by atoms with Crippen molar-refractivity contribution in [2.24, 2.45) is 0 Å². The van der Waals surface area contributed by atoms with Crippen LogP contribution in [0.2, 0.25) is 0 Å². The summed E-state index contributed by atoms with van der Waals surface area (Å²) < 4.78 is 8.25. The second-order valence-corrected chi connectivity index (χ2v) is 15.6. The fourth-order valence-electron chi connectivity index (χ4n) is 7.37. The SMILES string of the molecule is CN(CCCn1ccc2cc(CNC[C@H](O)c3ccc(O)c4[nH]c(=O)ccc34)ccc21)[C@H]1CC[C@H](OC(=O)C(O)(c2cccs2)c2cccs2)CC1.F.F. The van der Waals surface area contributed by atoms with E-state index in [0.717, 1.165) is 50.8 Å². The molecule has 7 rings (SSSR count). The van der Waals surface area contributed by atoms with Crippen LogP contribution in [0.25, 0.3) is 21.8 Å². The highest BCUT2D eigenvalue weighted by molar-refractivity contribution is 7.12. The van der Waals surface area contributed by atoms with Gasteiger partial charge in [0, 0.05) is 48.8 Å². The maximum absolute atomic E-state index is 13.4. The number of esters is 1. The van der Waals surface area contributed by atoms with Gasteiger partial charge in [-0.2, -0.15) is 0 Å². The van der Waals surface area contributed by atoms with Crippen molar-refractivity contribution in [1.82, 2.24) is 19.8 Å². The van der Waals surface area contributed by atoms with E-state index < -0.39 is 17.7 Å². The number of phenols is 1. The Balaban J connectivity index is 0.00000280. The molecule has 1 atom stereocenters. The number of nitrogens with one attached hydrogen (secondary N) is 2. The minimum absolute atomic E-state index is 0. The summed E-state index contributed by atoms with van der Waals surface area (Å²) in [7, 11) is 2.18. The first-order chi connectivity index (χ1) is 25.2. The molecule has 0 unspecified atom stereocenters. The van der Waals surface area contributed by atoms with Gasteiger partial charge in [0.25, 0.3) is 0 Å². The van der Waals surface area contributed by atoms with Gasteiger partial charge in [0.1, 0.15) is 11.9 Å². The molecule has 1 aliphatic carbocycles. The molecular formula is C40H46F2N4O6S2. The van der Waals surface area contributed by atoms with Crippen LogP contribution in [-0.4, -0.2) is 68.0 Å². The van der Waals surface area contributed by atoms with Gasteiger partial charge in [0.05, 0.1) is 21.4 Å². The zero-order valence-electron chi connectivity index (χ0n) is 29.9. The van der Waals surface area contributed by atoms with Crippen molar-refractivity contribution in [2.75, 3.05) is 20.1 Å². The molecule has 0 bridgehead atoms. The van der Waals surface area contributed by atoms with Crippen molar-refractivity contribution >= 4 is 50.4 Å². The van der Waals surface area contributed by atoms with E-state index in [2.05, 4.69) is 57.3 Å². The highest BCUT2D eigenvalue weighted by Gasteiger charge is 2.45. The van der Waals surface area contributed by atoms with Crippen LogP contribution in [-0.2, 0) is 28.2 Å². The number of H-pyrrole nitrogens is 1. The molecule has 0 spiro atoms. The van der Waals surface area contributed by atoms with Crippen LogP contribution in [0.5, 0.6) is 5.75 Å². The number of halogens is 2. The average molecular weight is 781 g/mol. The number of rotatable bonds is 14. The molecule has 0 aliphatic heterocycles. The summed E-state index contributed by atoms with van der Waals surface area (Å²) in [6.45, 7) is 2.76. The second kappa shape index (κ2) is 17.8. The number of carbonyl (C=O) groups excluding carboxylic acids is 1. The predicted molar refractivity (Wildman–Crippen MR) is 211 cm³/mol. The summed E-state index contributed by atoms with van der Waals surface area (Å²) in [6, 6.07) is 22.4. The molecule has 1 saturated carbocycles. The van der Waals surface area contributed by atoms with Crippen LogP contribution in [0.3, 0.4) is 0 Å². The molecule has 0 radical (unpaired) electrons. The van der Waals surface area contributed by atoms with E-state index >= 15 is 0 Å². The van der Waals surface area contributed by atoms with Crippen molar-refractivity contribution in [2.45, 2.75) is 69.0 Å². The quantitative estimate of drug-likeness (QED) is 0.0785. The van der Waals surface area contributed by atoms with Crippen LogP contribution in [0, 0.1) is 0 Å². The minimum Gasteiger partial charge on any atom is -0.506 e. The smallest absolute Gasteiger partial charge is 0.349 e. The van der Waals surface area contributed by atoms with Crippen molar-refractivity contribution in [3.8, 4) is 5.75 Å². The maximum atomic E-state index is 13.4. The molecule has 5 N–H and O–H groups in total. The Hall–Kier alpha value is -4.44. The third-order valence-corrected chi connectivity index (χ3v) is 12.2. The Morgan fingerprint density at radius 1 is 1.02 bits per heavy atom. The Morgan fingerprint density at radius 3 is 2.43 bits per heavy atom. The Morgan fingerprint density at radius 2 is 1.74 bits per heavy atom. The van der Waals surface area contributed by atoms with Gasteiger partial charge in [-0.3, -0.25) is 14.2 Å². The number of carbonyl (C=O) groups is 1. The zero-order chi connectivity index (χ0) is 36.2. The number of aromatic hydroxyl groups is 1. The number of pyridine rings is 1. The zero-order valence-corrected chi connectivity index (χ0v) is 31.5. The molecule has 1 aliphatic rings. The Labute approximate surface area is 319 Å². The van der Waals surface area contributed by atoms with E-state index in [-0.39, 0.29) is 26.8 Å². The predicted octanol–water partition coefficient (Wildman–Crippen LogP) is 6.55. The third kappa shape index (κ3) is 8.59. The number of phenolic OH excluding ortho intramolecular Hbond substituents is 1. The number of ether oxygens (including phenoxy) is 1. The van der Waals surface area contributed by atoms with Crippen LogP contribution >= 0.6 is 22.7 Å². The van der Waals surface area contributed by atoms with E-state index in [9.17, 15) is 24.9 Å². The molecule has 14 heteroatoms. The van der Waals surface area contributed by atoms with Crippen LogP contribution in [0.4, 0.5) is 9.41 Å². The highest BCUT2D eigenvalue weighted by atomic mass is 32.1. The lowest BCUT2D eigenvalue weighted by Gasteiger charge is -2.35. The van der Waals surface area contributed by atoms with Gasteiger partial charge in [-0.15, -0.1) is 22.7 Å². The molecular weight excluding hydrogens is 735 g/mol.